The van der Waals surface area contributed by atoms with E-state index in [1.165, 1.54) is 11.3 Å². The van der Waals surface area contributed by atoms with Gasteiger partial charge in [0.05, 0.1) is 9.21 Å². The van der Waals surface area contributed by atoms with E-state index in [0.29, 0.717) is 22.2 Å². The predicted octanol–water partition coefficient (Wildman–Crippen LogP) is 4.12. The van der Waals surface area contributed by atoms with Crippen molar-refractivity contribution in [3.63, 3.8) is 0 Å². The van der Waals surface area contributed by atoms with Gasteiger partial charge in [0.15, 0.2) is 0 Å². The second-order valence-corrected chi connectivity index (χ2v) is 7.30. The Balaban J connectivity index is 1.33. The summed E-state index contributed by atoms with van der Waals surface area (Å²) < 4.78 is 6.19. The first-order chi connectivity index (χ1) is 13.2. The van der Waals surface area contributed by atoms with Gasteiger partial charge in [-0.3, -0.25) is 4.79 Å². The molecule has 1 N–H and O–H groups in total. The van der Waals surface area contributed by atoms with Crippen LogP contribution in [0.3, 0.4) is 0 Å². The highest BCUT2D eigenvalue weighted by Crippen LogP contribution is 2.27. The van der Waals surface area contributed by atoms with Crippen molar-refractivity contribution in [1.29, 1.82) is 0 Å². The zero-order valence-corrected chi connectivity index (χ0v) is 15.4. The van der Waals surface area contributed by atoms with Crippen molar-refractivity contribution in [1.82, 2.24) is 9.97 Å². The summed E-state index contributed by atoms with van der Waals surface area (Å²) in [6.45, 7) is 0. The lowest BCUT2D eigenvalue weighted by molar-refractivity contribution is -0.125. The van der Waals surface area contributed by atoms with Crippen molar-refractivity contribution in [2.45, 2.75) is 12.5 Å². The van der Waals surface area contributed by atoms with Gasteiger partial charge in [-0.1, -0.05) is 16.8 Å². The first-order valence-corrected chi connectivity index (χ1v) is 9.21. The second-order valence-electron chi connectivity index (χ2n) is 5.59. The highest BCUT2D eigenvalue weighted by Gasteiger charge is 2.29. The zero-order chi connectivity index (χ0) is 18.6. The third-order valence-electron chi connectivity index (χ3n) is 3.69. The number of benzene rings is 1. The van der Waals surface area contributed by atoms with Crippen LogP contribution in [0.25, 0.3) is 0 Å². The van der Waals surface area contributed by atoms with Gasteiger partial charge in [-0.15, -0.1) is 11.3 Å². The summed E-state index contributed by atoms with van der Waals surface area (Å²) in [5, 5.41) is 6.80. The average Bonchev–Trinajstić information content (AvgIpc) is 3.33. The van der Waals surface area contributed by atoms with Crippen molar-refractivity contribution in [2.75, 3.05) is 5.32 Å². The van der Waals surface area contributed by atoms with Crippen LogP contribution < -0.4 is 10.1 Å². The maximum absolute atomic E-state index is 12.4. The van der Waals surface area contributed by atoms with Crippen LogP contribution in [-0.2, 0) is 9.63 Å². The van der Waals surface area contributed by atoms with E-state index in [4.69, 9.17) is 21.2 Å². The van der Waals surface area contributed by atoms with Crippen LogP contribution in [0.15, 0.2) is 60.0 Å². The van der Waals surface area contributed by atoms with Gasteiger partial charge >= 0.3 is 6.01 Å². The molecule has 1 amide bonds. The Bertz CT molecular complexity index is 976. The number of carbonyl (C=O) groups is 1. The van der Waals surface area contributed by atoms with Gasteiger partial charge in [0.2, 0.25) is 6.10 Å². The van der Waals surface area contributed by atoms with E-state index in [-0.39, 0.29) is 11.9 Å². The summed E-state index contributed by atoms with van der Waals surface area (Å²) >= 11 is 7.34. The summed E-state index contributed by atoms with van der Waals surface area (Å²) in [6.07, 6.45) is 2.92. The molecule has 136 valence electrons. The minimum Gasteiger partial charge on any atom is -0.424 e. The monoisotopic (exact) mass is 400 g/mol. The number of thiophene rings is 1. The molecule has 7 nitrogen and oxygen atoms in total. The number of aromatic nitrogens is 2. The second kappa shape index (κ2) is 7.73. The topological polar surface area (TPSA) is 85.7 Å². The van der Waals surface area contributed by atoms with Gasteiger partial charge in [0.25, 0.3) is 5.91 Å². The molecule has 27 heavy (non-hydrogen) atoms. The van der Waals surface area contributed by atoms with E-state index in [2.05, 4.69) is 20.4 Å². The van der Waals surface area contributed by atoms with E-state index < -0.39 is 6.10 Å². The number of hydrogen-bond donors (Lipinski definition) is 1. The average molecular weight is 401 g/mol. The number of oxime groups is 1. The molecule has 1 aliphatic heterocycles. The van der Waals surface area contributed by atoms with Crippen LogP contribution in [0.4, 0.5) is 5.69 Å². The number of anilines is 1. The van der Waals surface area contributed by atoms with Crippen molar-refractivity contribution in [2.24, 2.45) is 5.16 Å². The molecule has 3 heterocycles. The number of carbonyl (C=O) groups excluding carboxylic acids is 1. The molecule has 1 atom stereocenters. The van der Waals surface area contributed by atoms with Crippen LogP contribution >= 0.6 is 22.9 Å². The van der Waals surface area contributed by atoms with Crippen LogP contribution in [0.1, 0.15) is 11.3 Å². The normalized spacial score (nSPS) is 15.7. The van der Waals surface area contributed by atoms with Crippen molar-refractivity contribution >= 4 is 40.2 Å². The van der Waals surface area contributed by atoms with E-state index in [1.807, 2.05) is 6.07 Å². The molecule has 0 unspecified atom stereocenters. The molecule has 2 aromatic heterocycles. The number of ether oxygens (including phenoxy) is 1. The summed E-state index contributed by atoms with van der Waals surface area (Å²) in [5.74, 6) is 0.299. The highest BCUT2D eigenvalue weighted by molar-refractivity contribution is 7.18. The number of hydrogen-bond acceptors (Lipinski definition) is 7. The summed E-state index contributed by atoms with van der Waals surface area (Å²) in [4.78, 5) is 26.5. The Morgan fingerprint density at radius 2 is 1.96 bits per heavy atom. The van der Waals surface area contributed by atoms with Crippen molar-refractivity contribution in [3.8, 4) is 11.8 Å². The molecule has 1 aromatic carbocycles. The third kappa shape index (κ3) is 4.24. The largest absolute Gasteiger partial charge is 0.424 e. The molecule has 0 aliphatic carbocycles. The van der Waals surface area contributed by atoms with E-state index >= 15 is 0 Å². The molecule has 3 aromatic rings. The molecule has 0 radical (unpaired) electrons. The maximum Gasteiger partial charge on any atom is 0.321 e. The SMILES string of the molecule is O=C(Nc1ccc(Oc2ncccn2)cc1)[C@H]1CC(c2ccc(Cl)s2)=NO1. The van der Waals surface area contributed by atoms with Gasteiger partial charge in [0.1, 0.15) is 11.5 Å². The Labute approximate surface area is 163 Å². The van der Waals surface area contributed by atoms with Gasteiger partial charge in [-0.25, -0.2) is 9.97 Å². The number of amides is 1. The van der Waals surface area contributed by atoms with Gasteiger partial charge in [-0.05, 0) is 42.5 Å². The molecule has 9 heteroatoms. The molecule has 4 rings (SSSR count). The van der Waals surface area contributed by atoms with Gasteiger partial charge in [0, 0.05) is 24.5 Å². The fourth-order valence-electron chi connectivity index (χ4n) is 2.41. The highest BCUT2D eigenvalue weighted by atomic mass is 35.5. The maximum atomic E-state index is 12.4. The third-order valence-corrected chi connectivity index (χ3v) is 4.97. The van der Waals surface area contributed by atoms with E-state index in [1.54, 1.807) is 48.8 Å². The Hall–Kier alpha value is -2.97. The number of halogens is 1. The number of nitrogens with one attached hydrogen (secondary N) is 1. The standard InChI is InChI=1S/C18H13ClN4O3S/c19-16-7-6-15(27-16)13-10-14(26-23-13)17(24)22-11-2-4-12(5-3-11)25-18-20-8-1-9-21-18/h1-9,14H,10H2,(H,22,24)/t14-/m1/s1. The Morgan fingerprint density at radius 1 is 1.19 bits per heavy atom. The predicted molar refractivity (Wildman–Crippen MR) is 103 cm³/mol. The van der Waals surface area contributed by atoms with Crippen LogP contribution in [-0.4, -0.2) is 27.7 Å². The number of rotatable bonds is 5. The lowest BCUT2D eigenvalue weighted by Gasteiger charge is -2.10. The minimum absolute atomic E-state index is 0.256. The Morgan fingerprint density at radius 3 is 2.67 bits per heavy atom. The molecule has 0 spiro atoms. The number of nitrogens with zero attached hydrogens (tertiary/aromatic N) is 3. The molecule has 0 saturated carbocycles. The molecular weight excluding hydrogens is 388 g/mol. The van der Waals surface area contributed by atoms with Crippen LogP contribution in [0.5, 0.6) is 11.8 Å². The van der Waals surface area contributed by atoms with Gasteiger partial charge < -0.3 is 14.9 Å². The smallest absolute Gasteiger partial charge is 0.321 e. The molecule has 0 saturated heterocycles. The van der Waals surface area contributed by atoms with Crippen molar-refractivity contribution < 1.29 is 14.4 Å². The zero-order valence-electron chi connectivity index (χ0n) is 13.8. The molecule has 0 fully saturated rings. The van der Waals surface area contributed by atoms with Crippen LogP contribution in [0, 0.1) is 0 Å². The lowest BCUT2D eigenvalue weighted by atomic mass is 10.1. The van der Waals surface area contributed by atoms with Crippen molar-refractivity contribution in [3.05, 3.63) is 64.1 Å². The summed E-state index contributed by atoms with van der Waals surface area (Å²) in [5.41, 5.74) is 1.34. The quantitative estimate of drug-likeness (QED) is 0.696. The van der Waals surface area contributed by atoms with Gasteiger partial charge in [-0.2, -0.15) is 0 Å². The fourth-order valence-corrected chi connectivity index (χ4v) is 3.44. The summed E-state index contributed by atoms with van der Waals surface area (Å²) in [6, 6.07) is 12.5. The van der Waals surface area contributed by atoms with E-state index in [9.17, 15) is 4.79 Å². The Kier molecular flexibility index (Phi) is 4.99. The fraction of sp³-hybridized carbons (Fsp3) is 0.111. The minimum atomic E-state index is -0.672. The van der Waals surface area contributed by atoms with Crippen LogP contribution in [0.2, 0.25) is 4.34 Å². The summed E-state index contributed by atoms with van der Waals surface area (Å²) in [7, 11) is 0. The first-order valence-electron chi connectivity index (χ1n) is 8.01. The molecule has 0 bridgehead atoms. The molecule has 1 aliphatic rings. The lowest BCUT2D eigenvalue weighted by Crippen LogP contribution is -2.27. The van der Waals surface area contributed by atoms with E-state index in [0.717, 1.165) is 10.6 Å². The molecular formula is C18H13ClN4O3S. The first kappa shape index (κ1) is 17.4.